The third-order valence-electron chi connectivity index (χ3n) is 4.08. The molecule has 0 bridgehead atoms. The lowest BCUT2D eigenvalue weighted by molar-refractivity contribution is 0.0954. The van der Waals surface area contributed by atoms with E-state index in [4.69, 9.17) is 0 Å². The molecular weight excluding hydrogens is 298 g/mol. The van der Waals surface area contributed by atoms with Crippen LogP contribution in [0.4, 0.5) is 0 Å². The maximum absolute atomic E-state index is 12.5. The molecule has 1 aromatic carbocycles. The average Bonchev–Trinajstić information content (AvgIpc) is 2.88. The first-order chi connectivity index (χ1) is 11.6. The number of rotatable bonds is 7. The Kier molecular flexibility index (Phi) is 6.36. The predicted octanol–water partition coefficient (Wildman–Crippen LogP) is 4.78. The number of benzene rings is 1. The number of nitrogens with zero attached hydrogens (tertiary/aromatic N) is 2. The summed E-state index contributed by atoms with van der Waals surface area (Å²) >= 11 is 0. The number of aromatic nitrogens is 1. The van der Waals surface area contributed by atoms with Gasteiger partial charge < -0.3 is 4.57 Å². The van der Waals surface area contributed by atoms with E-state index in [-0.39, 0.29) is 5.91 Å². The lowest BCUT2D eigenvalue weighted by Gasteiger charge is -2.09. The third kappa shape index (κ3) is 4.13. The quantitative estimate of drug-likeness (QED) is 0.578. The second-order valence-electron chi connectivity index (χ2n) is 6.07. The first-order valence-corrected chi connectivity index (χ1v) is 8.68. The molecule has 0 unspecified atom stereocenters. The molecule has 0 saturated heterocycles. The Morgan fingerprint density at radius 1 is 1.08 bits per heavy atom. The molecule has 1 aromatic heterocycles. The zero-order valence-electron chi connectivity index (χ0n) is 15.1. The number of carbonyl (C=O) groups excluding carboxylic acids is 1. The van der Waals surface area contributed by atoms with Crippen molar-refractivity contribution in [3.8, 4) is 5.69 Å². The van der Waals surface area contributed by atoms with Crippen LogP contribution in [0.15, 0.2) is 41.5 Å². The van der Waals surface area contributed by atoms with E-state index in [1.807, 2.05) is 50.2 Å². The minimum atomic E-state index is -0.144. The molecule has 0 aliphatic heterocycles. The van der Waals surface area contributed by atoms with Gasteiger partial charge >= 0.3 is 0 Å². The predicted molar refractivity (Wildman–Crippen MR) is 100.0 cm³/mol. The molecular formula is C20H27N3O. The molecule has 0 saturated carbocycles. The van der Waals surface area contributed by atoms with Crippen LogP contribution in [-0.4, -0.2) is 16.2 Å². The van der Waals surface area contributed by atoms with Crippen molar-refractivity contribution >= 4 is 11.6 Å². The maximum atomic E-state index is 12.5. The molecule has 0 radical (unpaired) electrons. The van der Waals surface area contributed by atoms with Gasteiger partial charge in [0.25, 0.3) is 5.91 Å². The Balaban J connectivity index is 2.23. The van der Waals surface area contributed by atoms with Crippen molar-refractivity contribution in [2.75, 3.05) is 0 Å². The first kappa shape index (κ1) is 18.0. The van der Waals surface area contributed by atoms with Crippen LogP contribution in [0.25, 0.3) is 5.69 Å². The van der Waals surface area contributed by atoms with Crippen molar-refractivity contribution in [1.29, 1.82) is 0 Å². The van der Waals surface area contributed by atoms with Crippen molar-refractivity contribution in [3.63, 3.8) is 0 Å². The monoisotopic (exact) mass is 325 g/mol. The summed E-state index contributed by atoms with van der Waals surface area (Å²) in [4.78, 5) is 12.5. The smallest absolute Gasteiger partial charge is 0.273 e. The number of para-hydroxylation sites is 1. The zero-order chi connectivity index (χ0) is 17.5. The Morgan fingerprint density at radius 2 is 1.71 bits per heavy atom. The van der Waals surface area contributed by atoms with Crippen LogP contribution in [-0.2, 0) is 0 Å². The van der Waals surface area contributed by atoms with Crippen molar-refractivity contribution < 1.29 is 4.79 Å². The average molecular weight is 325 g/mol. The standard InChI is InChI=1S/C20H27N3O/c1-5-10-17(11-6-2)21-22-20(24)19-14-15(3)23(16(19)4)18-12-8-7-9-13-18/h7-9,12-14H,5-6,10-11H2,1-4H3,(H,22,24). The number of aryl methyl sites for hydroxylation is 1. The molecule has 24 heavy (non-hydrogen) atoms. The van der Waals surface area contributed by atoms with E-state index in [1.54, 1.807) is 0 Å². The fourth-order valence-corrected chi connectivity index (χ4v) is 2.97. The second-order valence-corrected chi connectivity index (χ2v) is 6.07. The highest BCUT2D eigenvalue weighted by atomic mass is 16.2. The summed E-state index contributed by atoms with van der Waals surface area (Å²) in [5.74, 6) is -0.144. The van der Waals surface area contributed by atoms with Gasteiger partial charge in [-0.2, -0.15) is 5.10 Å². The lowest BCUT2D eigenvalue weighted by atomic mass is 10.1. The molecule has 1 amide bonds. The Morgan fingerprint density at radius 3 is 2.29 bits per heavy atom. The van der Waals surface area contributed by atoms with Gasteiger partial charge in [-0.25, -0.2) is 5.43 Å². The van der Waals surface area contributed by atoms with Gasteiger partial charge in [0, 0.05) is 22.8 Å². The molecule has 128 valence electrons. The van der Waals surface area contributed by atoms with Crippen molar-refractivity contribution in [2.45, 2.75) is 53.4 Å². The molecule has 4 heteroatoms. The highest BCUT2D eigenvalue weighted by Crippen LogP contribution is 2.20. The lowest BCUT2D eigenvalue weighted by Crippen LogP contribution is -2.20. The van der Waals surface area contributed by atoms with Crippen LogP contribution in [0.3, 0.4) is 0 Å². The second kappa shape index (κ2) is 8.48. The van der Waals surface area contributed by atoms with Gasteiger partial charge in [-0.15, -0.1) is 0 Å². The summed E-state index contributed by atoms with van der Waals surface area (Å²) in [5.41, 5.74) is 7.50. The van der Waals surface area contributed by atoms with Gasteiger partial charge in [0.05, 0.1) is 5.56 Å². The number of hydrogen-bond acceptors (Lipinski definition) is 2. The molecule has 0 fully saturated rings. The van der Waals surface area contributed by atoms with Gasteiger partial charge in [0.2, 0.25) is 0 Å². The summed E-state index contributed by atoms with van der Waals surface area (Å²) in [6, 6.07) is 12.0. The van der Waals surface area contributed by atoms with Crippen LogP contribution in [0.1, 0.15) is 61.3 Å². The first-order valence-electron chi connectivity index (χ1n) is 8.68. The Hall–Kier alpha value is -2.36. The van der Waals surface area contributed by atoms with Crippen LogP contribution in [0.5, 0.6) is 0 Å². The topological polar surface area (TPSA) is 46.4 Å². The normalized spacial score (nSPS) is 10.5. The molecule has 1 heterocycles. The summed E-state index contributed by atoms with van der Waals surface area (Å²) < 4.78 is 2.09. The number of amides is 1. The molecule has 0 aliphatic carbocycles. The molecule has 0 aliphatic rings. The minimum Gasteiger partial charge on any atom is -0.318 e. The number of carbonyl (C=O) groups is 1. The van der Waals surface area contributed by atoms with E-state index in [9.17, 15) is 4.79 Å². The van der Waals surface area contributed by atoms with Crippen LogP contribution >= 0.6 is 0 Å². The van der Waals surface area contributed by atoms with E-state index in [2.05, 4.69) is 28.9 Å². The molecule has 2 rings (SSSR count). The van der Waals surface area contributed by atoms with Crippen LogP contribution < -0.4 is 5.43 Å². The third-order valence-corrected chi connectivity index (χ3v) is 4.08. The summed E-state index contributed by atoms with van der Waals surface area (Å²) in [6.45, 7) is 8.23. The van der Waals surface area contributed by atoms with Crippen molar-refractivity contribution in [2.24, 2.45) is 5.10 Å². The fourth-order valence-electron chi connectivity index (χ4n) is 2.97. The summed E-state index contributed by atoms with van der Waals surface area (Å²) in [7, 11) is 0. The van der Waals surface area contributed by atoms with Crippen LogP contribution in [0.2, 0.25) is 0 Å². The fraction of sp³-hybridized carbons (Fsp3) is 0.400. The molecule has 2 aromatic rings. The Labute approximate surface area is 144 Å². The Bertz CT molecular complexity index is 706. The SMILES string of the molecule is CCCC(CCC)=NNC(=O)c1cc(C)n(-c2ccccc2)c1C. The highest BCUT2D eigenvalue weighted by molar-refractivity contribution is 5.97. The minimum absolute atomic E-state index is 0.144. The molecule has 4 nitrogen and oxygen atoms in total. The van der Waals surface area contributed by atoms with Crippen LogP contribution in [0, 0.1) is 13.8 Å². The van der Waals surface area contributed by atoms with E-state index >= 15 is 0 Å². The zero-order valence-corrected chi connectivity index (χ0v) is 15.1. The molecule has 1 N–H and O–H groups in total. The summed E-state index contributed by atoms with van der Waals surface area (Å²) in [6.07, 6.45) is 3.93. The van der Waals surface area contributed by atoms with Crippen molar-refractivity contribution in [1.82, 2.24) is 9.99 Å². The van der Waals surface area contributed by atoms with E-state index < -0.39 is 0 Å². The molecule has 0 spiro atoms. The van der Waals surface area contributed by atoms with Gasteiger partial charge in [-0.3, -0.25) is 4.79 Å². The number of nitrogens with one attached hydrogen (secondary N) is 1. The van der Waals surface area contributed by atoms with Gasteiger partial charge in [-0.05, 0) is 44.9 Å². The van der Waals surface area contributed by atoms with E-state index in [0.29, 0.717) is 5.56 Å². The maximum Gasteiger partial charge on any atom is 0.273 e. The van der Waals surface area contributed by atoms with E-state index in [0.717, 1.165) is 48.5 Å². The number of hydrazone groups is 1. The van der Waals surface area contributed by atoms with E-state index in [1.165, 1.54) is 0 Å². The molecule has 0 atom stereocenters. The summed E-state index contributed by atoms with van der Waals surface area (Å²) in [5, 5.41) is 4.34. The van der Waals surface area contributed by atoms with Crippen molar-refractivity contribution in [3.05, 3.63) is 53.3 Å². The largest absolute Gasteiger partial charge is 0.318 e. The highest BCUT2D eigenvalue weighted by Gasteiger charge is 2.16. The van der Waals surface area contributed by atoms with Gasteiger partial charge in [-0.1, -0.05) is 44.9 Å². The van der Waals surface area contributed by atoms with Gasteiger partial charge in [0.15, 0.2) is 0 Å². The number of hydrogen-bond donors (Lipinski definition) is 1. The van der Waals surface area contributed by atoms with Gasteiger partial charge in [0.1, 0.15) is 0 Å².